The Morgan fingerprint density at radius 1 is 1.45 bits per heavy atom. The van der Waals surface area contributed by atoms with Crippen molar-refractivity contribution < 1.29 is 0 Å². The average Bonchev–Trinajstić information content (AvgIpc) is 2.38. The van der Waals surface area contributed by atoms with Gasteiger partial charge in [-0.05, 0) is 12.0 Å². The normalized spacial score (nSPS) is 21.4. The lowest BCUT2D eigenvalue weighted by molar-refractivity contribution is 0.949. The number of rotatable bonds is 0. The number of nitrogens with zero attached hydrogens (tertiary/aromatic N) is 2. The van der Waals surface area contributed by atoms with Crippen LogP contribution in [0.3, 0.4) is 0 Å². The number of aromatic nitrogens is 2. The van der Waals surface area contributed by atoms with Gasteiger partial charge in [0.15, 0.2) is 0 Å². The molecule has 11 heavy (non-hydrogen) atoms. The van der Waals surface area contributed by atoms with Crippen LogP contribution in [0.25, 0.3) is 12.3 Å². The van der Waals surface area contributed by atoms with Gasteiger partial charge in [0.1, 0.15) is 0 Å². The van der Waals surface area contributed by atoms with Crippen LogP contribution in [0.5, 0.6) is 0 Å². The first kappa shape index (κ1) is 6.40. The summed E-state index contributed by atoms with van der Waals surface area (Å²) in [5.74, 6) is 0.523. The van der Waals surface area contributed by atoms with Crippen molar-refractivity contribution in [1.29, 1.82) is 0 Å². The quantitative estimate of drug-likeness (QED) is 0.547. The molecular formula is C9H10N2. The minimum Gasteiger partial charge on any atom is -0.307 e. The molecule has 0 amide bonds. The van der Waals surface area contributed by atoms with Crippen molar-refractivity contribution >= 4 is 12.3 Å². The van der Waals surface area contributed by atoms with Crippen LogP contribution >= 0.6 is 0 Å². The summed E-state index contributed by atoms with van der Waals surface area (Å²) in [7, 11) is 0. The Bertz CT molecular complexity index is 279. The maximum Gasteiger partial charge on any atom is 0.0991 e. The highest BCUT2D eigenvalue weighted by Crippen LogP contribution is 2.11. The Hall–Kier alpha value is -1.31. The SMILES string of the molecule is CC1C=Cc2cncn2C=C1. The van der Waals surface area contributed by atoms with Crippen LogP contribution in [0.15, 0.2) is 24.7 Å². The zero-order valence-electron chi connectivity index (χ0n) is 6.44. The molecule has 1 atom stereocenters. The van der Waals surface area contributed by atoms with Gasteiger partial charge in [0, 0.05) is 6.20 Å². The van der Waals surface area contributed by atoms with Gasteiger partial charge in [0.2, 0.25) is 0 Å². The van der Waals surface area contributed by atoms with Crippen LogP contribution in [0.2, 0.25) is 0 Å². The van der Waals surface area contributed by atoms with E-state index in [2.05, 4.69) is 30.1 Å². The molecule has 2 heteroatoms. The van der Waals surface area contributed by atoms with Gasteiger partial charge in [-0.25, -0.2) is 4.98 Å². The summed E-state index contributed by atoms with van der Waals surface area (Å²) < 4.78 is 2.01. The number of allylic oxidation sites excluding steroid dienone is 2. The fourth-order valence-corrected chi connectivity index (χ4v) is 1.11. The molecule has 1 aromatic heterocycles. The van der Waals surface area contributed by atoms with Crippen molar-refractivity contribution in [2.45, 2.75) is 6.92 Å². The Balaban J connectivity index is 2.48. The molecule has 2 nitrogen and oxygen atoms in total. The summed E-state index contributed by atoms with van der Waals surface area (Å²) in [5.41, 5.74) is 1.14. The molecule has 0 saturated carbocycles. The van der Waals surface area contributed by atoms with E-state index in [0.717, 1.165) is 5.69 Å². The van der Waals surface area contributed by atoms with E-state index in [1.165, 1.54) is 0 Å². The molecule has 1 aliphatic heterocycles. The lowest BCUT2D eigenvalue weighted by atomic mass is 10.2. The van der Waals surface area contributed by atoms with E-state index in [1.54, 1.807) is 0 Å². The molecule has 0 saturated heterocycles. The van der Waals surface area contributed by atoms with Gasteiger partial charge in [-0.15, -0.1) is 0 Å². The van der Waals surface area contributed by atoms with Crippen LogP contribution in [0, 0.1) is 5.92 Å². The van der Waals surface area contributed by atoms with Crippen LogP contribution in [0.4, 0.5) is 0 Å². The molecule has 0 N–H and O–H groups in total. The van der Waals surface area contributed by atoms with Crippen LogP contribution < -0.4 is 0 Å². The summed E-state index contributed by atoms with van der Waals surface area (Å²) >= 11 is 0. The third-order valence-corrected chi connectivity index (χ3v) is 1.82. The topological polar surface area (TPSA) is 17.8 Å². The first-order valence-corrected chi connectivity index (χ1v) is 3.74. The molecule has 0 fully saturated rings. The van der Waals surface area contributed by atoms with Gasteiger partial charge in [0.05, 0.1) is 18.2 Å². The van der Waals surface area contributed by atoms with Gasteiger partial charge in [-0.2, -0.15) is 0 Å². The molecule has 2 rings (SSSR count). The standard InChI is InChI=1S/C9H10N2/c1-8-2-3-9-6-10-7-11(9)5-4-8/h2-8H,1H3. The molecule has 1 aromatic rings. The fraction of sp³-hybridized carbons (Fsp3) is 0.222. The molecule has 0 radical (unpaired) electrons. The Labute approximate surface area is 65.9 Å². The van der Waals surface area contributed by atoms with Gasteiger partial charge >= 0.3 is 0 Å². The highest BCUT2D eigenvalue weighted by atomic mass is 15.0. The summed E-state index contributed by atoms with van der Waals surface area (Å²) in [5, 5.41) is 0. The van der Waals surface area contributed by atoms with Crippen molar-refractivity contribution in [3.63, 3.8) is 0 Å². The lowest BCUT2D eigenvalue weighted by Crippen LogP contribution is -1.84. The first-order chi connectivity index (χ1) is 5.36. The third-order valence-electron chi connectivity index (χ3n) is 1.82. The van der Waals surface area contributed by atoms with Gasteiger partial charge in [-0.1, -0.05) is 19.1 Å². The van der Waals surface area contributed by atoms with E-state index >= 15 is 0 Å². The zero-order chi connectivity index (χ0) is 7.68. The highest BCUT2D eigenvalue weighted by molar-refractivity contribution is 5.51. The Kier molecular flexibility index (Phi) is 1.39. The van der Waals surface area contributed by atoms with Gasteiger partial charge in [0.25, 0.3) is 0 Å². The second kappa shape index (κ2) is 2.38. The number of hydrogen-bond acceptors (Lipinski definition) is 1. The molecule has 1 unspecified atom stereocenters. The maximum absolute atomic E-state index is 4.03. The minimum atomic E-state index is 0.523. The minimum absolute atomic E-state index is 0.523. The van der Waals surface area contributed by atoms with Crippen molar-refractivity contribution in [1.82, 2.24) is 9.55 Å². The van der Waals surface area contributed by atoms with Crippen molar-refractivity contribution in [3.8, 4) is 0 Å². The smallest absolute Gasteiger partial charge is 0.0991 e. The van der Waals surface area contributed by atoms with E-state index in [-0.39, 0.29) is 0 Å². The van der Waals surface area contributed by atoms with Crippen LogP contribution in [0.1, 0.15) is 12.6 Å². The summed E-state index contributed by atoms with van der Waals surface area (Å²) in [6.07, 6.45) is 12.1. The Morgan fingerprint density at radius 2 is 2.36 bits per heavy atom. The summed E-state index contributed by atoms with van der Waals surface area (Å²) in [6.45, 7) is 2.16. The third kappa shape index (κ3) is 1.11. The van der Waals surface area contributed by atoms with E-state index < -0.39 is 0 Å². The summed E-state index contributed by atoms with van der Waals surface area (Å²) in [4.78, 5) is 4.03. The second-order valence-corrected chi connectivity index (χ2v) is 2.79. The predicted molar refractivity (Wildman–Crippen MR) is 45.8 cm³/mol. The Morgan fingerprint density at radius 3 is 3.27 bits per heavy atom. The van der Waals surface area contributed by atoms with Crippen molar-refractivity contribution in [2.75, 3.05) is 0 Å². The van der Waals surface area contributed by atoms with E-state index in [1.807, 2.05) is 23.3 Å². The van der Waals surface area contributed by atoms with Crippen LogP contribution in [-0.2, 0) is 0 Å². The number of fused-ring (bicyclic) bond motifs is 1. The summed E-state index contributed by atoms with van der Waals surface area (Å²) in [6, 6.07) is 0. The molecule has 2 heterocycles. The van der Waals surface area contributed by atoms with Gasteiger partial charge in [-0.3, -0.25) is 0 Å². The average molecular weight is 146 g/mol. The van der Waals surface area contributed by atoms with Crippen molar-refractivity contribution in [2.24, 2.45) is 5.92 Å². The number of hydrogen-bond donors (Lipinski definition) is 0. The first-order valence-electron chi connectivity index (χ1n) is 3.74. The van der Waals surface area contributed by atoms with E-state index in [4.69, 9.17) is 0 Å². The van der Waals surface area contributed by atoms with Crippen LogP contribution in [-0.4, -0.2) is 9.55 Å². The molecule has 0 aliphatic carbocycles. The molecule has 0 bridgehead atoms. The monoisotopic (exact) mass is 146 g/mol. The van der Waals surface area contributed by atoms with E-state index in [9.17, 15) is 0 Å². The molecular weight excluding hydrogens is 136 g/mol. The predicted octanol–water partition coefficient (Wildman–Crippen LogP) is 2.02. The molecule has 0 aromatic carbocycles. The zero-order valence-corrected chi connectivity index (χ0v) is 6.44. The lowest BCUT2D eigenvalue weighted by Gasteiger charge is -1.92. The second-order valence-electron chi connectivity index (χ2n) is 2.79. The molecule has 0 spiro atoms. The largest absolute Gasteiger partial charge is 0.307 e. The number of imidazole rings is 1. The van der Waals surface area contributed by atoms with E-state index in [0.29, 0.717) is 5.92 Å². The highest BCUT2D eigenvalue weighted by Gasteiger charge is 1.99. The maximum atomic E-state index is 4.03. The van der Waals surface area contributed by atoms with Crippen molar-refractivity contribution in [3.05, 3.63) is 30.4 Å². The molecule has 56 valence electrons. The molecule has 1 aliphatic rings. The van der Waals surface area contributed by atoms with Gasteiger partial charge < -0.3 is 4.57 Å². The fourth-order valence-electron chi connectivity index (χ4n) is 1.11.